The average molecular weight is 360 g/mol. The van der Waals surface area contributed by atoms with Gasteiger partial charge < -0.3 is 5.32 Å². The highest BCUT2D eigenvalue weighted by Crippen LogP contribution is 2.25. The van der Waals surface area contributed by atoms with Crippen LogP contribution in [0, 0.1) is 0 Å². The molecule has 0 bridgehead atoms. The molecule has 1 amide bonds. The molecule has 2 aromatic carbocycles. The summed E-state index contributed by atoms with van der Waals surface area (Å²) in [6, 6.07) is 11.6. The van der Waals surface area contributed by atoms with Crippen molar-refractivity contribution < 1.29 is 4.79 Å². The van der Waals surface area contributed by atoms with Gasteiger partial charge in [-0.1, -0.05) is 46.9 Å². The van der Waals surface area contributed by atoms with Crippen molar-refractivity contribution in [1.29, 1.82) is 0 Å². The summed E-state index contributed by atoms with van der Waals surface area (Å²) in [4.78, 5) is 12.0. The van der Waals surface area contributed by atoms with Gasteiger partial charge in [0.05, 0.1) is 20.6 Å². The Morgan fingerprint density at radius 2 is 1.67 bits per heavy atom. The van der Waals surface area contributed by atoms with Crippen LogP contribution in [0.15, 0.2) is 42.5 Å². The first-order valence-electron chi connectivity index (χ1n) is 5.79. The van der Waals surface area contributed by atoms with Gasteiger partial charge in [-0.15, -0.1) is 0 Å². The van der Waals surface area contributed by atoms with E-state index in [9.17, 15) is 4.79 Å². The van der Waals surface area contributed by atoms with Crippen LogP contribution in [0.5, 0.6) is 0 Å². The lowest BCUT2D eigenvalue weighted by Crippen LogP contribution is -2.34. The van der Waals surface area contributed by atoms with E-state index in [4.69, 9.17) is 47.0 Å². The maximum atomic E-state index is 12.0. The van der Waals surface area contributed by atoms with Gasteiger partial charge in [0.25, 0.3) is 5.91 Å². The van der Waals surface area contributed by atoms with Gasteiger partial charge >= 0.3 is 0 Å². The standard InChI is InChI=1S/C14H9Cl3N2OS/c15-10-4-2-1-3-9(10)13(20)19-14(21)18-8-5-6-11(16)12(17)7-8/h1-7H,(H2,18,19,20,21). The number of halogens is 3. The molecule has 0 spiro atoms. The Morgan fingerprint density at radius 3 is 2.33 bits per heavy atom. The Morgan fingerprint density at radius 1 is 0.952 bits per heavy atom. The number of carbonyl (C=O) groups excluding carboxylic acids is 1. The second-order valence-electron chi connectivity index (χ2n) is 4.02. The zero-order chi connectivity index (χ0) is 15.4. The van der Waals surface area contributed by atoms with Crippen molar-refractivity contribution in [2.45, 2.75) is 0 Å². The van der Waals surface area contributed by atoms with E-state index < -0.39 is 5.91 Å². The lowest BCUT2D eigenvalue weighted by Gasteiger charge is -2.10. The number of hydrogen-bond donors (Lipinski definition) is 2. The summed E-state index contributed by atoms with van der Waals surface area (Å²) in [7, 11) is 0. The fraction of sp³-hybridized carbons (Fsp3) is 0. The molecule has 0 atom stereocenters. The average Bonchev–Trinajstić information content (AvgIpc) is 2.43. The van der Waals surface area contributed by atoms with Crippen LogP contribution in [-0.2, 0) is 0 Å². The lowest BCUT2D eigenvalue weighted by atomic mass is 10.2. The monoisotopic (exact) mass is 358 g/mol. The Bertz CT molecular complexity index is 706. The summed E-state index contributed by atoms with van der Waals surface area (Å²) < 4.78 is 0. The van der Waals surface area contributed by atoms with Crippen LogP contribution in [0.3, 0.4) is 0 Å². The van der Waals surface area contributed by atoms with E-state index in [0.29, 0.717) is 26.3 Å². The molecule has 0 saturated heterocycles. The van der Waals surface area contributed by atoms with E-state index in [1.165, 1.54) is 0 Å². The molecule has 0 aliphatic rings. The third kappa shape index (κ3) is 4.32. The molecule has 2 N–H and O–H groups in total. The quantitative estimate of drug-likeness (QED) is 0.759. The van der Waals surface area contributed by atoms with Crippen molar-refractivity contribution in [3.05, 3.63) is 63.1 Å². The van der Waals surface area contributed by atoms with Crippen LogP contribution in [0.25, 0.3) is 0 Å². The summed E-state index contributed by atoms with van der Waals surface area (Å²) in [5.74, 6) is -0.391. The van der Waals surface area contributed by atoms with Crippen molar-refractivity contribution in [3.8, 4) is 0 Å². The minimum Gasteiger partial charge on any atom is -0.332 e. The molecule has 2 aromatic rings. The van der Waals surface area contributed by atoms with Gasteiger partial charge in [-0.05, 0) is 42.5 Å². The van der Waals surface area contributed by atoms with Gasteiger partial charge in [0.1, 0.15) is 0 Å². The minimum atomic E-state index is -0.391. The fourth-order valence-electron chi connectivity index (χ4n) is 1.55. The minimum absolute atomic E-state index is 0.137. The number of nitrogens with one attached hydrogen (secondary N) is 2. The molecule has 0 unspecified atom stereocenters. The molecule has 0 heterocycles. The molecule has 21 heavy (non-hydrogen) atoms. The van der Waals surface area contributed by atoms with Crippen molar-refractivity contribution in [3.63, 3.8) is 0 Å². The third-order valence-corrected chi connectivity index (χ3v) is 3.80. The van der Waals surface area contributed by atoms with Crippen molar-refractivity contribution in [1.82, 2.24) is 5.32 Å². The molecule has 0 saturated carbocycles. The number of thiocarbonyl (C=S) groups is 1. The summed E-state index contributed by atoms with van der Waals surface area (Å²) in [6.45, 7) is 0. The Balaban J connectivity index is 2.03. The summed E-state index contributed by atoms with van der Waals surface area (Å²) in [5.41, 5.74) is 0.964. The van der Waals surface area contributed by atoms with E-state index >= 15 is 0 Å². The molecule has 0 aliphatic heterocycles. The number of amides is 1. The molecule has 108 valence electrons. The molecule has 3 nitrogen and oxygen atoms in total. The number of carbonyl (C=O) groups is 1. The predicted octanol–water partition coefficient (Wildman–Crippen LogP) is 4.77. The molecule has 0 aliphatic carbocycles. The second kappa shape index (κ2) is 7.09. The molecule has 0 fully saturated rings. The van der Waals surface area contributed by atoms with Gasteiger partial charge in [-0.25, -0.2) is 0 Å². The summed E-state index contributed by atoms with van der Waals surface area (Å²) in [5, 5.41) is 6.70. The van der Waals surface area contributed by atoms with Crippen LogP contribution in [0.1, 0.15) is 10.4 Å². The lowest BCUT2D eigenvalue weighted by molar-refractivity contribution is 0.0978. The van der Waals surface area contributed by atoms with Gasteiger partial charge in [-0.3, -0.25) is 10.1 Å². The van der Waals surface area contributed by atoms with Gasteiger partial charge in [-0.2, -0.15) is 0 Å². The van der Waals surface area contributed by atoms with E-state index in [-0.39, 0.29) is 5.11 Å². The topological polar surface area (TPSA) is 41.1 Å². The molecule has 2 rings (SSSR count). The first-order chi connectivity index (χ1) is 9.97. The normalized spacial score (nSPS) is 10.0. The van der Waals surface area contributed by atoms with Crippen LogP contribution < -0.4 is 10.6 Å². The molecule has 0 aromatic heterocycles. The zero-order valence-electron chi connectivity index (χ0n) is 10.5. The maximum Gasteiger partial charge on any atom is 0.258 e. The number of benzene rings is 2. The molecule has 0 radical (unpaired) electrons. The molecular formula is C14H9Cl3N2OS. The highest BCUT2D eigenvalue weighted by atomic mass is 35.5. The van der Waals surface area contributed by atoms with Crippen LogP contribution >= 0.6 is 47.0 Å². The van der Waals surface area contributed by atoms with E-state index in [1.54, 1.807) is 42.5 Å². The Hall–Kier alpha value is -1.33. The van der Waals surface area contributed by atoms with Crippen LogP contribution in [-0.4, -0.2) is 11.0 Å². The van der Waals surface area contributed by atoms with Crippen molar-refractivity contribution >= 4 is 63.7 Å². The summed E-state index contributed by atoms with van der Waals surface area (Å²) in [6.07, 6.45) is 0. The highest BCUT2D eigenvalue weighted by Gasteiger charge is 2.11. The Labute approximate surface area is 142 Å². The smallest absolute Gasteiger partial charge is 0.258 e. The first-order valence-corrected chi connectivity index (χ1v) is 7.33. The van der Waals surface area contributed by atoms with Crippen molar-refractivity contribution in [2.75, 3.05) is 5.32 Å². The van der Waals surface area contributed by atoms with E-state index in [1.807, 2.05) is 0 Å². The van der Waals surface area contributed by atoms with Gasteiger partial charge in [0.15, 0.2) is 5.11 Å². The van der Waals surface area contributed by atoms with E-state index in [0.717, 1.165) is 0 Å². The zero-order valence-corrected chi connectivity index (χ0v) is 13.6. The second-order valence-corrected chi connectivity index (χ2v) is 5.65. The maximum absolute atomic E-state index is 12.0. The van der Waals surface area contributed by atoms with Crippen LogP contribution in [0.4, 0.5) is 5.69 Å². The highest BCUT2D eigenvalue weighted by molar-refractivity contribution is 7.80. The predicted molar refractivity (Wildman–Crippen MR) is 91.6 cm³/mol. The molecular weight excluding hydrogens is 351 g/mol. The van der Waals surface area contributed by atoms with Crippen LogP contribution in [0.2, 0.25) is 15.1 Å². The van der Waals surface area contributed by atoms with Crippen molar-refractivity contribution in [2.24, 2.45) is 0 Å². The van der Waals surface area contributed by atoms with Gasteiger partial charge in [0, 0.05) is 5.69 Å². The SMILES string of the molecule is O=C(NC(=S)Nc1ccc(Cl)c(Cl)c1)c1ccccc1Cl. The number of hydrogen-bond acceptors (Lipinski definition) is 2. The number of anilines is 1. The summed E-state index contributed by atoms with van der Waals surface area (Å²) >= 11 is 22.7. The first kappa shape index (κ1) is 16.0. The third-order valence-electron chi connectivity index (χ3n) is 2.52. The fourth-order valence-corrected chi connectivity index (χ4v) is 2.28. The number of rotatable bonds is 2. The largest absolute Gasteiger partial charge is 0.332 e. The van der Waals surface area contributed by atoms with E-state index in [2.05, 4.69) is 10.6 Å². The van der Waals surface area contributed by atoms with Gasteiger partial charge in [0.2, 0.25) is 0 Å². The molecule has 7 heteroatoms. The Kier molecular flexibility index (Phi) is 5.42.